The number of anilines is 1. The number of hydrogen-bond acceptors (Lipinski definition) is 4. The molecule has 1 aromatic carbocycles. The molecule has 0 atom stereocenters. The highest BCUT2D eigenvalue weighted by atomic mass is 16.5. The molecule has 0 fully saturated rings. The van der Waals surface area contributed by atoms with Crippen molar-refractivity contribution in [1.82, 2.24) is 0 Å². The number of amides is 1. The van der Waals surface area contributed by atoms with Gasteiger partial charge in [-0.1, -0.05) is 0 Å². The number of benzene rings is 1. The Bertz CT molecular complexity index is 380. The van der Waals surface area contributed by atoms with E-state index in [4.69, 9.17) is 21.3 Å². The largest absolute Gasteiger partial charge is 0.493 e. The van der Waals surface area contributed by atoms with Gasteiger partial charge in [-0.3, -0.25) is 4.79 Å². The maximum atomic E-state index is 11.1. The van der Waals surface area contributed by atoms with E-state index in [-0.39, 0.29) is 6.61 Å². The van der Waals surface area contributed by atoms with Gasteiger partial charge in [0.2, 0.25) is 0 Å². The van der Waals surface area contributed by atoms with Crippen molar-refractivity contribution >= 4 is 11.6 Å². The van der Waals surface area contributed by atoms with Crippen LogP contribution in [0.25, 0.3) is 0 Å². The van der Waals surface area contributed by atoms with E-state index in [1.807, 2.05) is 0 Å². The fraction of sp³-hybridized carbons (Fsp3) is 0.417. The lowest BCUT2D eigenvalue weighted by atomic mass is 10.1. The number of rotatable bonds is 7. The molecule has 0 saturated carbocycles. The fourth-order valence-corrected chi connectivity index (χ4v) is 1.43. The van der Waals surface area contributed by atoms with Crippen LogP contribution in [0.2, 0.25) is 0 Å². The SMILES string of the molecule is NC(=O)c1ccc(N)cc1OCCCCCO. The minimum absolute atomic E-state index is 0.185. The molecule has 5 heteroatoms. The summed E-state index contributed by atoms with van der Waals surface area (Å²) in [5, 5.41) is 8.62. The predicted octanol–water partition coefficient (Wildman–Crippen LogP) is 0.909. The number of carbonyl (C=O) groups excluding carboxylic acids is 1. The van der Waals surface area contributed by atoms with Crippen molar-refractivity contribution in [2.45, 2.75) is 19.3 Å². The molecule has 5 N–H and O–H groups in total. The summed E-state index contributed by atoms with van der Waals surface area (Å²) in [5.74, 6) is -0.114. The first-order valence-electron chi connectivity index (χ1n) is 5.58. The molecule has 1 amide bonds. The topological polar surface area (TPSA) is 98.6 Å². The lowest BCUT2D eigenvalue weighted by Crippen LogP contribution is -2.13. The second-order valence-corrected chi connectivity index (χ2v) is 3.75. The zero-order chi connectivity index (χ0) is 12.7. The van der Waals surface area contributed by atoms with Gasteiger partial charge in [0.15, 0.2) is 0 Å². The third-order valence-corrected chi connectivity index (χ3v) is 2.33. The van der Waals surface area contributed by atoms with Crippen LogP contribution in [-0.2, 0) is 0 Å². The zero-order valence-corrected chi connectivity index (χ0v) is 9.69. The summed E-state index contributed by atoms with van der Waals surface area (Å²) >= 11 is 0. The number of nitrogen functional groups attached to an aromatic ring is 1. The van der Waals surface area contributed by atoms with Crippen LogP contribution in [0, 0.1) is 0 Å². The zero-order valence-electron chi connectivity index (χ0n) is 9.69. The smallest absolute Gasteiger partial charge is 0.252 e. The van der Waals surface area contributed by atoms with Crippen LogP contribution in [0.3, 0.4) is 0 Å². The second-order valence-electron chi connectivity index (χ2n) is 3.75. The molecule has 0 heterocycles. The lowest BCUT2D eigenvalue weighted by Gasteiger charge is -2.10. The predicted molar refractivity (Wildman–Crippen MR) is 65.8 cm³/mol. The van der Waals surface area contributed by atoms with Gasteiger partial charge in [-0.25, -0.2) is 0 Å². The highest BCUT2D eigenvalue weighted by Crippen LogP contribution is 2.21. The van der Waals surface area contributed by atoms with Crippen LogP contribution in [0.5, 0.6) is 5.75 Å². The van der Waals surface area contributed by atoms with Crippen molar-refractivity contribution in [3.05, 3.63) is 23.8 Å². The van der Waals surface area contributed by atoms with E-state index in [0.717, 1.165) is 19.3 Å². The normalized spacial score (nSPS) is 10.2. The number of ether oxygens (including phenoxy) is 1. The van der Waals surface area contributed by atoms with Crippen LogP contribution >= 0.6 is 0 Å². The van der Waals surface area contributed by atoms with Gasteiger partial charge in [0.25, 0.3) is 5.91 Å². The van der Waals surface area contributed by atoms with Gasteiger partial charge in [-0.15, -0.1) is 0 Å². The monoisotopic (exact) mass is 238 g/mol. The average Bonchev–Trinajstić information content (AvgIpc) is 2.28. The average molecular weight is 238 g/mol. The Morgan fingerprint density at radius 2 is 2.06 bits per heavy atom. The second kappa shape index (κ2) is 6.75. The molecule has 0 aliphatic rings. The quantitative estimate of drug-likeness (QED) is 0.485. The van der Waals surface area contributed by atoms with E-state index < -0.39 is 5.91 Å². The van der Waals surface area contributed by atoms with E-state index in [0.29, 0.717) is 23.6 Å². The Morgan fingerprint density at radius 3 is 2.71 bits per heavy atom. The molecule has 5 nitrogen and oxygen atoms in total. The molecule has 0 radical (unpaired) electrons. The standard InChI is InChI=1S/C12H18N2O3/c13-9-4-5-10(12(14)16)11(8-9)17-7-3-1-2-6-15/h4-5,8,15H,1-3,6-7,13H2,(H2,14,16). The van der Waals surface area contributed by atoms with E-state index in [9.17, 15) is 4.79 Å². The van der Waals surface area contributed by atoms with Crippen molar-refractivity contribution in [2.75, 3.05) is 18.9 Å². The fourth-order valence-electron chi connectivity index (χ4n) is 1.43. The van der Waals surface area contributed by atoms with Crippen molar-refractivity contribution in [3.63, 3.8) is 0 Å². The summed E-state index contributed by atoms with van der Waals surface area (Å²) < 4.78 is 5.46. The van der Waals surface area contributed by atoms with Crippen molar-refractivity contribution in [1.29, 1.82) is 0 Å². The third kappa shape index (κ3) is 4.32. The van der Waals surface area contributed by atoms with Crippen molar-refractivity contribution in [3.8, 4) is 5.75 Å². The lowest BCUT2D eigenvalue weighted by molar-refractivity contribution is 0.0996. The van der Waals surface area contributed by atoms with Crippen LogP contribution in [0.4, 0.5) is 5.69 Å². The number of primary amides is 1. The Hall–Kier alpha value is -1.75. The minimum atomic E-state index is -0.532. The van der Waals surface area contributed by atoms with E-state index in [1.165, 1.54) is 0 Å². The molecule has 1 rings (SSSR count). The molecule has 0 aliphatic heterocycles. The summed E-state index contributed by atoms with van der Waals surface area (Å²) in [5.41, 5.74) is 11.7. The molecule has 0 unspecified atom stereocenters. The van der Waals surface area contributed by atoms with Crippen LogP contribution in [-0.4, -0.2) is 24.2 Å². The Kier molecular flexibility index (Phi) is 5.29. The summed E-state index contributed by atoms with van der Waals surface area (Å²) in [4.78, 5) is 11.1. The molecular weight excluding hydrogens is 220 g/mol. The van der Waals surface area contributed by atoms with E-state index >= 15 is 0 Å². The maximum Gasteiger partial charge on any atom is 0.252 e. The summed E-state index contributed by atoms with van der Waals surface area (Å²) in [6.45, 7) is 0.661. The molecule has 17 heavy (non-hydrogen) atoms. The molecule has 1 aromatic rings. The van der Waals surface area contributed by atoms with Gasteiger partial charge < -0.3 is 21.3 Å². The van der Waals surface area contributed by atoms with Crippen LogP contribution < -0.4 is 16.2 Å². The third-order valence-electron chi connectivity index (χ3n) is 2.33. The minimum Gasteiger partial charge on any atom is -0.493 e. The first kappa shape index (κ1) is 13.3. The Balaban J connectivity index is 2.56. The van der Waals surface area contributed by atoms with E-state index in [1.54, 1.807) is 18.2 Å². The first-order valence-corrected chi connectivity index (χ1v) is 5.58. The van der Waals surface area contributed by atoms with Gasteiger partial charge in [0.05, 0.1) is 12.2 Å². The highest BCUT2D eigenvalue weighted by molar-refractivity contribution is 5.96. The summed E-state index contributed by atoms with van der Waals surface area (Å²) in [6, 6.07) is 4.76. The highest BCUT2D eigenvalue weighted by Gasteiger charge is 2.09. The molecule has 0 aliphatic carbocycles. The number of carbonyl (C=O) groups is 1. The Morgan fingerprint density at radius 1 is 1.29 bits per heavy atom. The molecular formula is C12H18N2O3. The Labute approximate surface area is 100 Å². The van der Waals surface area contributed by atoms with Gasteiger partial charge in [-0.2, -0.15) is 0 Å². The number of hydrogen-bond donors (Lipinski definition) is 3. The molecule has 94 valence electrons. The van der Waals surface area contributed by atoms with Gasteiger partial charge >= 0.3 is 0 Å². The summed E-state index contributed by atoms with van der Waals surface area (Å²) in [7, 11) is 0. The van der Waals surface area contributed by atoms with Crippen molar-refractivity contribution < 1.29 is 14.6 Å². The van der Waals surface area contributed by atoms with Crippen molar-refractivity contribution in [2.24, 2.45) is 5.73 Å². The van der Waals surface area contributed by atoms with Crippen LogP contribution in [0.1, 0.15) is 29.6 Å². The molecule has 0 spiro atoms. The van der Waals surface area contributed by atoms with Gasteiger partial charge in [0.1, 0.15) is 5.75 Å². The number of aliphatic hydroxyl groups is 1. The maximum absolute atomic E-state index is 11.1. The summed E-state index contributed by atoms with van der Waals surface area (Å²) in [6.07, 6.45) is 2.45. The molecule has 0 aromatic heterocycles. The molecule has 0 bridgehead atoms. The number of aliphatic hydroxyl groups excluding tert-OH is 1. The number of nitrogens with two attached hydrogens (primary N) is 2. The van der Waals surface area contributed by atoms with Gasteiger partial charge in [-0.05, 0) is 31.4 Å². The molecule has 0 saturated heterocycles. The first-order chi connectivity index (χ1) is 8.15. The van der Waals surface area contributed by atoms with E-state index in [2.05, 4.69) is 0 Å². The van der Waals surface area contributed by atoms with Gasteiger partial charge in [0, 0.05) is 18.4 Å². The van der Waals surface area contributed by atoms with Crippen LogP contribution in [0.15, 0.2) is 18.2 Å². The number of unbranched alkanes of at least 4 members (excludes halogenated alkanes) is 2.